The average molecular weight is 201 g/mol. The summed E-state index contributed by atoms with van der Waals surface area (Å²) < 4.78 is 2.15. The molecule has 0 aliphatic heterocycles. The summed E-state index contributed by atoms with van der Waals surface area (Å²) >= 11 is 0. The monoisotopic (exact) mass is 201 g/mol. The second-order valence-electron chi connectivity index (χ2n) is 4.88. The normalized spacial score (nSPS) is 18.3. The first-order chi connectivity index (χ1) is 7.10. The van der Waals surface area contributed by atoms with Crippen molar-refractivity contribution in [2.75, 3.05) is 0 Å². The van der Waals surface area contributed by atoms with Crippen molar-refractivity contribution in [2.24, 2.45) is 0 Å². The van der Waals surface area contributed by atoms with Crippen LogP contribution >= 0.6 is 0 Å². The lowest BCUT2D eigenvalue weighted by Crippen LogP contribution is -2.05. The Morgan fingerprint density at radius 2 is 2.07 bits per heavy atom. The van der Waals surface area contributed by atoms with E-state index in [2.05, 4.69) is 34.4 Å². The van der Waals surface area contributed by atoms with E-state index in [9.17, 15) is 0 Å². The molecule has 0 saturated heterocycles. The Balaban J connectivity index is 2.29. The fraction of sp³-hybridized carbons (Fsp3) is 0.500. The van der Waals surface area contributed by atoms with E-state index in [0.29, 0.717) is 5.41 Å². The van der Waals surface area contributed by atoms with Crippen molar-refractivity contribution in [3.8, 4) is 0 Å². The van der Waals surface area contributed by atoms with Crippen LogP contribution in [0.2, 0.25) is 0 Å². The van der Waals surface area contributed by atoms with Crippen molar-refractivity contribution in [3.05, 3.63) is 29.3 Å². The zero-order chi connectivity index (χ0) is 10.6. The lowest BCUT2D eigenvalue weighted by atomic mass is 10.1. The van der Waals surface area contributed by atoms with Gasteiger partial charge in [0.25, 0.3) is 0 Å². The van der Waals surface area contributed by atoms with Crippen LogP contribution < -0.4 is 0 Å². The summed E-state index contributed by atoms with van der Waals surface area (Å²) in [6, 6.07) is 0. The Hall–Kier alpha value is -1.38. The molecular formula is C12H15N3. The van der Waals surface area contributed by atoms with Crippen molar-refractivity contribution in [1.82, 2.24) is 14.4 Å². The van der Waals surface area contributed by atoms with Gasteiger partial charge in [-0.05, 0) is 32.3 Å². The standard InChI is InChI=1S/C12H15N3/c1-8-7-15-10(12(3)4-5-12)6-13-11(15)14-9(8)2/h6-7H,4-5H2,1-3H3. The summed E-state index contributed by atoms with van der Waals surface area (Å²) in [5, 5.41) is 0. The summed E-state index contributed by atoms with van der Waals surface area (Å²) in [7, 11) is 0. The molecule has 78 valence electrons. The first-order valence-corrected chi connectivity index (χ1v) is 5.42. The molecule has 3 nitrogen and oxygen atoms in total. The number of hydrogen-bond acceptors (Lipinski definition) is 2. The van der Waals surface area contributed by atoms with E-state index in [0.717, 1.165) is 11.5 Å². The topological polar surface area (TPSA) is 30.2 Å². The number of hydrogen-bond donors (Lipinski definition) is 0. The van der Waals surface area contributed by atoms with Gasteiger partial charge >= 0.3 is 0 Å². The molecular weight excluding hydrogens is 186 g/mol. The minimum absolute atomic E-state index is 0.350. The Labute approximate surface area is 89.2 Å². The van der Waals surface area contributed by atoms with E-state index in [1.165, 1.54) is 24.1 Å². The van der Waals surface area contributed by atoms with Gasteiger partial charge in [-0.2, -0.15) is 0 Å². The molecule has 0 spiro atoms. The maximum atomic E-state index is 4.49. The van der Waals surface area contributed by atoms with E-state index in [1.807, 2.05) is 13.1 Å². The summed E-state index contributed by atoms with van der Waals surface area (Å²) in [5.74, 6) is 0.834. The number of imidazole rings is 1. The largest absolute Gasteiger partial charge is 0.287 e. The van der Waals surface area contributed by atoms with Gasteiger partial charge < -0.3 is 0 Å². The van der Waals surface area contributed by atoms with E-state index < -0.39 is 0 Å². The minimum Gasteiger partial charge on any atom is -0.287 e. The van der Waals surface area contributed by atoms with E-state index in [4.69, 9.17) is 0 Å². The Bertz CT molecular complexity index is 535. The lowest BCUT2D eigenvalue weighted by Gasteiger charge is -2.08. The molecule has 0 bridgehead atoms. The van der Waals surface area contributed by atoms with Crippen LogP contribution in [0.4, 0.5) is 0 Å². The molecule has 2 aromatic rings. The van der Waals surface area contributed by atoms with Crippen LogP contribution in [0.15, 0.2) is 12.4 Å². The molecule has 1 saturated carbocycles. The number of rotatable bonds is 1. The molecule has 0 atom stereocenters. The predicted octanol–water partition coefficient (Wildman–Crippen LogP) is 2.40. The second kappa shape index (κ2) is 2.60. The van der Waals surface area contributed by atoms with Gasteiger partial charge in [0.15, 0.2) is 0 Å². The Kier molecular flexibility index (Phi) is 1.54. The van der Waals surface area contributed by atoms with Gasteiger partial charge in [0, 0.05) is 23.0 Å². The van der Waals surface area contributed by atoms with Gasteiger partial charge in [0.2, 0.25) is 5.78 Å². The van der Waals surface area contributed by atoms with Crippen LogP contribution in [-0.2, 0) is 5.41 Å². The molecule has 0 N–H and O–H groups in total. The van der Waals surface area contributed by atoms with E-state index >= 15 is 0 Å². The smallest absolute Gasteiger partial charge is 0.234 e. The van der Waals surface area contributed by atoms with Gasteiger partial charge in [0.1, 0.15) is 0 Å². The predicted molar refractivity (Wildman–Crippen MR) is 59.0 cm³/mol. The van der Waals surface area contributed by atoms with Crippen LogP contribution in [0, 0.1) is 13.8 Å². The van der Waals surface area contributed by atoms with Gasteiger partial charge in [-0.15, -0.1) is 0 Å². The fourth-order valence-corrected chi connectivity index (χ4v) is 1.98. The van der Waals surface area contributed by atoms with E-state index in [1.54, 1.807) is 0 Å². The highest BCUT2D eigenvalue weighted by Crippen LogP contribution is 2.47. The highest BCUT2D eigenvalue weighted by Gasteiger charge is 2.41. The van der Waals surface area contributed by atoms with Gasteiger partial charge in [-0.25, -0.2) is 9.97 Å². The molecule has 3 heteroatoms. The molecule has 3 rings (SSSR count). The maximum absolute atomic E-state index is 4.49. The molecule has 0 unspecified atom stereocenters. The van der Waals surface area contributed by atoms with Crippen LogP contribution in [0.25, 0.3) is 5.78 Å². The van der Waals surface area contributed by atoms with Crippen LogP contribution in [-0.4, -0.2) is 14.4 Å². The number of nitrogens with zero attached hydrogens (tertiary/aromatic N) is 3. The van der Waals surface area contributed by atoms with Crippen molar-refractivity contribution in [1.29, 1.82) is 0 Å². The Morgan fingerprint density at radius 3 is 2.73 bits per heavy atom. The molecule has 1 aliphatic rings. The third-order valence-corrected chi connectivity index (χ3v) is 3.56. The first-order valence-electron chi connectivity index (χ1n) is 5.42. The third-order valence-electron chi connectivity index (χ3n) is 3.56. The molecule has 1 fully saturated rings. The van der Waals surface area contributed by atoms with Crippen LogP contribution in [0.1, 0.15) is 36.7 Å². The minimum atomic E-state index is 0.350. The highest BCUT2D eigenvalue weighted by atomic mass is 15.1. The highest BCUT2D eigenvalue weighted by molar-refractivity contribution is 5.39. The molecule has 15 heavy (non-hydrogen) atoms. The van der Waals surface area contributed by atoms with Crippen molar-refractivity contribution in [2.45, 2.75) is 39.0 Å². The molecule has 0 radical (unpaired) electrons. The number of aryl methyl sites for hydroxylation is 2. The summed E-state index contributed by atoms with van der Waals surface area (Å²) in [5.41, 5.74) is 3.96. The number of fused-ring (bicyclic) bond motifs is 1. The molecule has 0 amide bonds. The van der Waals surface area contributed by atoms with Crippen molar-refractivity contribution >= 4 is 5.78 Å². The SMILES string of the molecule is Cc1cn2c(C3(C)CC3)cnc2nc1C. The molecule has 0 aromatic carbocycles. The summed E-state index contributed by atoms with van der Waals surface area (Å²) in [6.07, 6.45) is 6.68. The lowest BCUT2D eigenvalue weighted by molar-refractivity contribution is 0.735. The first kappa shape index (κ1) is 8.89. The third kappa shape index (κ3) is 1.19. The Morgan fingerprint density at radius 1 is 1.33 bits per heavy atom. The van der Waals surface area contributed by atoms with Crippen molar-refractivity contribution in [3.63, 3.8) is 0 Å². The quantitative estimate of drug-likeness (QED) is 0.709. The van der Waals surface area contributed by atoms with Crippen LogP contribution in [0.5, 0.6) is 0 Å². The van der Waals surface area contributed by atoms with E-state index in [-0.39, 0.29) is 0 Å². The molecule has 1 aliphatic carbocycles. The fourth-order valence-electron chi connectivity index (χ4n) is 1.98. The van der Waals surface area contributed by atoms with Crippen LogP contribution in [0.3, 0.4) is 0 Å². The molecule has 2 aromatic heterocycles. The summed E-state index contributed by atoms with van der Waals surface area (Å²) in [4.78, 5) is 8.87. The van der Waals surface area contributed by atoms with Gasteiger partial charge in [-0.1, -0.05) is 6.92 Å². The van der Waals surface area contributed by atoms with Gasteiger partial charge in [-0.3, -0.25) is 4.40 Å². The zero-order valence-electron chi connectivity index (χ0n) is 9.41. The summed E-state index contributed by atoms with van der Waals surface area (Å²) in [6.45, 7) is 6.43. The average Bonchev–Trinajstić information content (AvgIpc) is 2.79. The number of aromatic nitrogens is 3. The zero-order valence-corrected chi connectivity index (χ0v) is 9.41. The van der Waals surface area contributed by atoms with Crippen molar-refractivity contribution < 1.29 is 0 Å². The molecule has 2 heterocycles. The van der Waals surface area contributed by atoms with Gasteiger partial charge in [0.05, 0.1) is 6.20 Å². The second-order valence-corrected chi connectivity index (χ2v) is 4.88. The maximum Gasteiger partial charge on any atom is 0.234 e.